The highest BCUT2D eigenvalue weighted by Crippen LogP contribution is 2.29. The van der Waals surface area contributed by atoms with Gasteiger partial charge in [-0.1, -0.05) is 24.8 Å². The molecule has 10 heteroatoms. The molecule has 0 saturated carbocycles. The number of carboxylic acids is 1. The zero-order chi connectivity index (χ0) is 27.5. The molecule has 2 aliphatic heterocycles. The number of carbonyl (C=O) groups is 1. The summed E-state index contributed by atoms with van der Waals surface area (Å²) in [6.45, 7) is 8.15. The van der Waals surface area contributed by atoms with Crippen molar-refractivity contribution in [2.45, 2.75) is 39.0 Å². The summed E-state index contributed by atoms with van der Waals surface area (Å²) >= 11 is 0. The lowest BCUT2D eigenvalue weighted by atomic mass is 9.99. The van der Waals surface area contributed by atoms with Crippen LogP contribution in [0.1, 0.15) is 41.6 Å². The molecule has 1 fully saturated rings. The zero-order valence-electron chi connectivity index (χ0n) is 21.7. The maximum atomic E-state index is 14.4. The van der Waals surface area contributed by atoms with Gasteiger partial charge in [-0.3, -0.25) is 4.90 Å². The van der Waals surface area contributed by atoms with Gasteiger partial charge >= 0.3 is 5.97 Å². The average molecular weight is 537 g/mol. The SMILES string of the molecule is C=C/C(COc1cc(C2=CCN(Cc3nc4cc(C(=O)O)ncc4n3C[C@@H]3CCO3)CC2)ccc1F)=C(\C)F. The Labute approximate surface area is 224 Å². The third-order valence-electron chi connectivity index (χ3n) is 7.14. The molecule has 2 aromatic heterocycles. The van der Waals surface area contributed by atoms with Crippen LogP contribution in [0.25, 0.3) is 16.6 Å². The van der Waals surface area contributed by atoms with Crippen LogP contribution in [0.2, 0.25) is 0 Å². The summed E-state index contributed by atoms with van der Waals surface area (Å²) in [4.78, 5) is 22.5. The minimum Gasteiger partial charge on any atom is -0.486 e. The van der Waals surface area contributed by atoms with E-state index in [1.54, 1.807) is 18.3 Å². The molecular formula is C29H30F2N4O4. The lowest BCUT2D eigenvalue weighted by Gasteiger charge is -2.29. The van der Waals surface area contributed by atoms with Crippen LogP contribution in [-0.4, -0.2) is 62.9 Å². The van der Waals surface area contributed by atoms with Crippen molar-refractivity contribution in [2.75, 3.05) is 26.3 Å². The van der Waals surface area contributed by atoms with Gasteiger partial charge in [0.25, 0.3) is 0 Å². The lowest BCUT2D eigenvalue weighted by molar-refractivity contribution is -0.0592. The van der Waals surface area contributed by atoms with E-state index in [0.29, 0.717) is 25.2 Å². The van der Waals surface area contributed by atoms with E-state index in [1.807, 2.05) is 0 Å². The standard InChI is InChI=1S/C29H30F2N4O4/c1-3-19(18(2)30)17-39-27-12-21(4-5-23(27)31)20-6-9-34(10-7-20)16-28-33-24-13-25(29(36)37)32-14-26(24)35(28)15-22-8-11-38-22/h3-6,12-14,22H,1,7-11,15-17H2,2H3,(H,36,37)/b19-18-/t22-/m0/s1. The van der Waals surface area contributed by atoms with Crippen molar-refractivity contribution in [3.63, 3.8) is 0 Å². The van der Waals surface area contributed by atoms with Gasteiger partial charge in [-0.05, 0) is 49.1 Å². The van der Waals surface area contributed by atoms with Gasteiger partial charge in [0.1, 0.15) is 24.0 Å². The predicted molar refractivity (Wildman–Crippen MR) is 143 cm³/mol. The first kappa shape index (κ1) is 26.7. The number of hydrogen-bond acceptors (Lipinski definition) is 6. The fourth-order valence-corrected chi connectivity index (χ4v) is 4.73. The number of rotatable bonds is 10. The zero-order valence-corrected chi connectivity index (χ0v) is 21.7. The van der Waals surface area contributed by atoms with Gasteiger partial charge < -0.3 is 19.1 Å². The van der Waals surface area contributed by atoms with Gasteiger partial charge in [0.2, 0.25) is 0 Å². The molecule has 1 saturated heterocycles. The molecule has 0 aliphatic carbocycles. The maximum absolute atomic E-state index is 14.4. The van der Waals surface area contributed by atoms with Gasteiger partial charge in [-0.15, -0.1) is 0 Å². The maximum Gasteiger partial charge on any atom is 0.354 e. The Morgan fingerprint density at radius 2 is 2.18 bits per heavy atom. The van der Waals surface area contributed by atoms with Crippen molar-refractivity contribution in [2.24, 2.45) is 0 Å². The molecule has 2 aliphatic rings. The van der Waals surface area contributed by atoms with Gasteiger partial charge in [0.15, 0.2) is 11.6 Å². The summed E-state index contributed by atoms with van der Waals surface area (Å²) < 4.78 is 41.2. The van der Waals surface area contributed by atoms with Gasteiger partial charge in [-0.2, -0.15) is 0 Å². The monoisotopic (exact) mass is 536 g/mol. The van der Waals surface area contributed by atoms with Crippen LogP contribution in [0.5, 0.6) is 5.75 Å². The molecule has 4 heterocycles. The molecular weight excluding hydrogens is 506 g/mol. The molecule has 8 nitrogen and oxygen atoms in total. The summed E-state index contributed by atoms with van der Waals surface area (Å²) in [5, 5.41) is 9.33. The van der Waals surface area contributed by atoms with Crippen molar-refractivity contribution in [3.8, 4) is 5.75 Å². The van der Waals surface area contributed by atoms with Crippen LogP contribution in [-0.2, 0) is 17.8 Å². The Morgan fingerprint density at radius 3 is 2.82 bits per heavy atom. The number of hydrogen-bond donors (Lipinski definition) is 1. The largest absolute Gasteiger partial charge is 0.486 e. The number of ether oxygens (including phenoxy) is 2. The number of benzene rings is 1. The lowest BCUT2D eigenvalue weighted by Crippen LogP contribution is -2.33. The van der Waals surface area contributed by atoms with Crippen LogP contribution in [0.4, 0.5) is 8.78 Å². The third-order valence-corrected chi connectivity index (χ3v) is 7.14. The van der Waals surface area contributed by atoms with E-state index in [4.69, 9.17) is 14.5 Å². The number of pyridine rings is 1. The molecule has 5 rings (SSSR count). The number of aromatic nitrogens is 3. The Morgan fingerprint density at radius 1 is 1.36 bits per heavy atom. The van der Waals surface area contributed by atoms with Gasteiger partial charge in [0, 0.05) is 25.3 Å². The van der Waals surface area contributed by atoms with Crippen LogP contribution in [0.3, 0.4) is 0 Å². The molecule has 0 unspecified atom stereocenters. The van der Waals surface area contributed by atoms with E-state index < -0.39 is 17.6 Å². The number of allylic oxidation sites excluding steroid dienone is 1. The number of nitrogens with zero attached hydrogens (tertiary/aromatic N) is 4. The fourth-order valence-electron chi connectivity index (χ4n) is 4.73. The summed E-state index contributed by atoms with van der Waals surface area (Å²) in [5.74, 6) is -1.12. The second kappa shape index (κ2) is 11.5. The first-order chi connectivity index (χ1) is 18.8. The topological polar surface area (TPSA) is 89.7 Å². The summed E-state index contributed by atoms with van der Waals surface area (Å²) in [6.07, 6.45) is 6.85. The molecule has 0 amide bonds. The van der Waals surface area contributed by atoms with Crippen molar-refractivity contribution >= 4 is 22.6 Å². The quantitative estimate of drug-likeness (QED) is 0.358. The van der Waals surface area contributed by atoms with E-state index in [1.165, 1.54) is 25.1 Å². The molecule has 1 aromatic carbocycles. The van der Waals surface area contributed by atoms with E-state index in [-0.39, 0.29) is 29.7 Å². The van der Waals surface area contributed by atoms with Crippen molar-refractivity contribution < 1.29 is 28.2 Å². The Balaban J connectivity index is 1.31. The summed E-state index contributed by atoms with van der Waals surface area (Å²) in [6, 6.07) is 6.24. The smallest absolute Gasteiger partial charge is 0.354 e. The van der Waals surface area contributed by atoms with Crippen LogP contribution in [0.15, 0.2) is 60.6 Å². The Bertz CT molecular complexity index is 1470. The minimum atomic E-state index is -1.09. The Hall–Kier alpha value is -3.89. The first-order valence-corrected chi connectivity index (χ1v) is 12.8. The van der Waals surface area contributed by atoms with Crippen LogP contribution >= 0.6 is 0 Å². The number of carboxylic acid groups (broad SMARTS) is 1. The number of halogens is 2. The van der Waals surface area contributed by atoms with Crippen LogP contribution in [0, 0.1) is 5.82 Å². The average Bonchev–Trinajstić information content (AvgIpc) is 3.23. The van der Waals surface area contributed by atoms with Crippen LogP contribution < -0.4 is 4.74 Å². The molecule has 0 radical (unpaired) electrons. The second-order valence-corrected chi connectivity index (χ2v) is 9.69. The van der Waals surface area contributed by atoms with E-state index in [0.717, 1.165) is 48.5 Å². The fraction of sp³-hybridized carbons (Fsp3) is 0.345. The first-order valence-electron chi connectivity index (χ1n) is 12.8. The van der Waals surface area contributed by atoms with Gasteiger partial charge in [0.05, 0.1) is 36.4 Å². The summed E-state index contributed by atoms with van der Waals surface area (Å²) in [5.41, 5.74) is 3.55. The number of aromatic carboxylic acids is 1. The van der Waals surface area contributed by atoms with Crippen molar-refractivity contribution in [3.05, 3.63) is 83.5 Å². The molecule has 1 N–H and O–H groups in total. The van der Waals surface area contributed by atoms with E-state index in [9.17, 15) is 18.7 Å². The van der Waals surface area contributed by atoms with E-state index >= 15 is 0 Å². The number of imidazole rings is 1. The van der Waals surface area contributed by atoms with Crippen molar-refractivity contribution in [1.29, 1.82) is 0 Å². The van der Waals surface area contributed by atoms with E-state index in [2.05, 4.69) is 27.1 Å². The summed E-state index contributed by atoms with van der Waals surface area (Å²) in [7, 11) is 0. The third kappa shape index (κ3) is 5.91. The molecule has 3 aromatic rings. The highest BCUT2D eigenvalue weighted by molar-refractivity contribution is 5.89. The highest BCUT2D eigenvalue weighted by Gasteiger charge is 2.24. The Kier molecular flexibility index (Phi) is 7.85. The molecule has 1 atom stereocenters. The van der Waals surface area contributed by atoms with Crippen molar-refractivity contribution in [1.82, 2.24) is 19.4 Å². The van der Waals surface area contributed by atoms with Gasteiger partial charge in [-0.25, -0.2) is 23.5 Å². The predicted octanol–water partition coefficient (Wildman–Crippen LogP) is 5.16. The molecule has 0 bridgehead atoms. The number of fused-ring (bicyclic) bond motifs is 1. The normalized spacial score (nSPS) is 18.3. The minimum absolute atomic E-state index is 0.0386. The highest BCUT2D eigenvalue weighted by atomic mass is 19.1. The molecule has 204 valence electrons. The molecule has 0 spiro atoms. The second-order valence-electron chi connectivity index (χ2n) is 9.69. The molecule has 39 heavy (non-hydrogen) atoms.